The van der Waals surface area contributed by atoms with E-state index in [0.717, 1.165) is 42.6 Å². The molecule has 20 heavy (non-hydrogen) atoms. The fourth-order valence-electron chi connectivity index (χ4n) is 4.50. The van der Waals surface area contributed by atoms with Crippen molar-refractivity contribution in [2.24, 2.45) is 29.6 Å². The molecule has 0 aromatic heterocycles. The smallest absolute Gasteiger partial charge is 0.330 e. The third kappa shape index (κ3) is 2.69. The molecule has 5 atom stereocenters. The van der Waals surface area contributed by atoms with E-state index < -0.39 is 0 Å². The topological polar surface area (TPSA) is 35.5 Å². The molecule has 0 aliphatic heterocycles. The van der Waals surface area contributed by atoms with E-state index in [9.17, 15) is 4.79 Å². The van der Waals surface area contributed by atoms with Gasteiger partial charge in [-0.1, -0.05) is 18.7 Å². The van der Waals surface area contributed by atoms with Crippen molar-refractivity contribution in [3.8, 4) is 0 Å². The van der Waals surface area contributed by atoms with Crippen LogP contribution in [0.25, 0.3) is 0 Å². The zero-order valence-electron chi connectivity index (χ0n) is 12.0. The Bertz CT molecular complexity index is 401. The first-order chi connectivity index (χ1) is 9.79. The molecule has 3 rings (SSSR count). The Morgan fingerprint density at radius 1 is 1.30 bits per heavy atom. The average Bonchev–Trinajstić information content (AvgIpc) is 3.13. The van der Waals surface area contributed by atoms with Crippen LogP contribution in [0.15, 0.2) is 24.8 Å². The number of ether oxygens (including phenoxy) is 2. The Hall–Kier alpha value is -1.09. The molecular formula is C17H24O3. The molecule has 2 bridgehead atoms. The van der Waals surface area contributed by atoms with Gasteiger partial charge in [0.2, 0.25) is 0 Å². The highest BCUT2D eigenvalue weighted by molar-refractivity contribution is 5.81. The van der Waals surface area contributed by atoms with E-state index in [4.69, 9.17) is 9.47 Å². The van der Waals surface area contributed by atoms with Crippen molar-refractivity contribution < 1.29 is 14.3 Å². The Kier molecular flexibility index (Phi) is 4.25. The Balaban J connectivity index is 1.31. The van der Waals surface area contributed by atoms with Gasteiger partial charge in [-0.25, -0.2) is 4.79 Å². The predicted molar refractivity (Wildman–Crippen MR) is 77.0 cm³/mol. The van der Waals surface area contributed by atoms with Gasteiger partial charge in [0.25, 0.3) is 0 Å². The monoisotopic (exact) mass is 276 g/mol. The van der Waals surface area contributed by atoms with Crippen LogP contribution in [-0.4, -0.2) is 25.8 Å². The minimum Gasteiger partial charge on any atom is -0.462 e. The van der Waals surface area contributed by atoms with Gasteiger partial charge in [0.15, 0.2) is 0 Å². The maximum Gasteiger partial charge on any atom is 0.330 e. The van der Waals surface area contributed by atoms with Gasteiger partial charge in [-0.15, -0.1) is 0 Å². The summed E-state index contributed by atoms with van der Waals surface area (Å²) in [5.74, 6) is 4.01. The summed E-state index contributed by atoms with van der Waals surface area (Å²) in [7, 11) is 0. The minimum atomic E-state index is -0.350. The third-order valence-corrected chi connectivity index (χ3v) is 5.32. The molecule has 110 valence electrons. The normalized spacial score (nSPS) is 37.1. The lowest BCUT2D eigenvalue weighted by molar-refractivity contribution is -0.138. The van der Waals surface area contributed by atoms with Gasteiger partial charge in [-0.2, -0.15) is 0 Å². The number of fused-ring (bicyclic) bond motifs is 5. The molecule has 2 fully saturated rings. The van der Waals surface area contributed by atoms with E-state index in [2.05, 4.69) is 18.7 Å². The summed E-state index contributed by atoms with van der Waals surface area (Å²) in [5, 5.41) is 0. The van der Waals surface area contributed by atoms with Crippen molar-refractivity contribution in [1.82, 2.24) is 0 Å². The number of allylic oxidation sites excluding steroid dienone is 2. The van der Waals surface area contributed by atoms with E-state index >= 15 is 0 Å². The van der Waals surface area contributed by atoms with Gasteiger partial charge in [-0.05, 0) is 48.9 Å². The lowest BCUT2D eigenvalue weighted by Gasteiger charge is -2.31. The number of hydrogen-bond donors (Lipinski definition) is 0. The molecule has 0 heterocycles. The number of carbonyl (C=O) groups excluding carboxylic acids is 1. The standard InChI is InChI=1S/C17H24O3/c1-2-17(18)20-8-4-7-19-11-13-9-12-10-16(13)15-6-3-5-14(12)15/h2-3,6,12-16H,1,4-5,7-11H2. The second-order valence-electron chi connectivity index (χ2n) is 6.36. The molecule has 0 saturated heterocycles. The summed E-state index contributed by atoms with van der Waals surface area (Å²) in [6, 6.07) is 0. The van der Waals surface area contributed by atoms with E-state index in [1.807, 2.05) is 0 Å². The van der Waals surface area contributed by atoms with Crippen LogP contribution in [0.2, 0.25) is 0 Å². The first-order valence-corrected chi connectivity index (χ1v) is 7.83. The highest BCUT2D eigenvalue weighted by Crippen LogP contribution is 2.58. The number of hydrogen-bond acceptors (Lipinski definition) is 3. The minimum absolute atomic E-state index is 0.350. The summed E-state index contributed by atoms with van der Waals surface area (Å²) < 4.78 is 10.7. The van der Waals surface area contributed by atoms with Gasteiger partial charge in [0.1, 0.15) is 0 Å². The van der Waals surface area contributed by atoms with Crippen LogP contribution < -0.4 is 0 Å². The average molecular weight is 276 g/mol. The van der Waals surface area contributed by atoms with Crippen LogP contribution in [0.1, 0.15) is 25.7 Å². The molecule has 3 heteroatoms. The van der Waals surface area contributed by atoms with E-state index in [0.29, 0.717) is 13.2 Å². The van der Waals surface area contributed by atoms with E-state index in [1.54, 1.807) is 0 Å². The van der Waals surface area contributed by atoms with Crippen LogP contribution in [0.4, 0.5) is 0 Å². The summed E-state index contributed by atoms with van der Waals surface area (Å²) in [6.45, 7) is 5.36. The number of rotatable bonds is 7. The van der Waals surface area contributed by atoms with Gasteiger partial charge in [0, 0.05) is 25.7 Å². The number of carbonyl (C=O) groups is 1. The van der Waals surface area contributed by atoms with Crippen LogP contribution in [-0.2, 0) is 14.3 Å². The summed E-state index contributed by atoms with van der Waals surface area (Å²) in [4.78, 5) is 10.9. The van der Waals surface area contributed by atoms with E-state index in [-0.39, 0.29) is 5.97 Å². The Labute approximate surface area is 121 Å². The van der Waals surface area contributed by atoms with Crippen molar-refractivity contribution in [1.29, 1.82) is 0 Å². The van der Waals surface area contributed by atoms with Crippen molar-refractivity contribution in [3.63, 3.8) is 0 Å². The molecule has 0 radical (unpaired) electrons. The zero-order chi connectivity index (χ0) is 13.9. The van der Waals surface area contributed by atoms with Gasteiger partial charge >= 0.3 is 5.97 Å². The summed E-state index contributed by atoms with van der Waals surface area (Å²) in [5.41, 5.74) is 0. The molecule has 0 N–H and O–H groups in total. The second-order valence-corrected chi connectivity index (χ2v) is 6.36. The molecule has 0 spiro atoms. The fraction of sp³-hybridized carbons (Fsp3) is 0.706. The van der Waals surface area contributed by atoms with Crippen LogP contribution >= 0.6 is 0 Å². The Morgan fingerprint density at radius 2 is 2.20 bits per heavy atom. The first-order valence-electron chi connectivity index (χ1n) is 7.83. The van der Waals surface area contributed by atoms with Crippen LogP contribution in [0.5, 0.6) is 0 Å². The zero-order valence-corrected chi connectivity index (χ0v) is 12.0. The fourth-order valence-corrected chi connectivity index (χ4v) is 4.50. The van der Waals surface area contributed by atoms with Gasteiger partial charge in [-0.3, -0.25) is 0 Å². The van der Waals surface area contributed by atoms with E-state index in [1.165, 1.54) is 25.3 Å². The van der Waals surface area contributed by atoms with Crippen LogP contribution in [0, 0.1) is 29.6 Å². The molecule has 0 aromatic rings. The SMILES string of the molecule is C=CC(=O)OCCCOCC1CC2CC1C1C=CCC21. The largest absolute Gasteiger partial charge is 0.462 e. The third-order valence-electron chi connectivity index (χ3n) is 5.32. The molecule has 5 unspecified atom stereocenters. The predicted octanol–water partition coefficient (Wildman–Crippen LogP) is 2.97. The van der Waals surface area contributed by atoms with Crippen LogP contribution in [0.3, 0.4) is 0 Å². The quantitative estimate of drug-likeness (QED) is 0.310. The second kappa shape index (κ2) is 6.13. The lowest BCUT2D eigenvalue weighted by atomic mass is 9.76. The van der Waals surface area contributed by atoms with Crippen molar-refractivity contribution in [2.75, 3.05) is 19.8 Å². The molecule has 3 aliphatic rings. The molecule has 3 nitrogen and oxygen atoms in total. The lowest BCUT2D eigenvalue weighted by Crippen LogP contribution is -2.27. The molecule has 0 amide bonds. The molecule has 2 saturated carbocycles. The maximum absolute atomic E-state index is 10.9. The highest BCUT2D eigenvalue weighted by Gasteiger charge is 2.52. The van der Waals surface area contributed by atoms with Crippen molar-refractivity contribution >= 4 is 5.97 Å². The van der Waals surface area contributed by atoms with Crippen molar-refractivity contribution in [2.45, 2.75) is 25.7 Å². The van der Waals surface area contributed by atoms with Gasteiger partial charge < -0.3 is 9.47 Å². The highest BCUT2D eigenvalue weighted by atomic mass is 16.5. The van der Waals surface area contributed by atoms with Crippen molar-refractivity contribution in [3.05, 3.63) is 24.8 Å². The Morgan fingerprint density at radius 3 is 3.05 bits per heavy atom. The molecule has 0 aromatic carbocycles. The molecular weight excluding hydrogens is 252 g/mol. The van der Waals surface area contributed by atoms with Gasteiger partial charge in [0.05, 0.1) is 6.61 Å². The number of esters is 1. The first kappa shape index (κ1) is 13.9. The summed E-state index contributed by atoms with van der Waals surface area (Å²) >= 11 is 0. The summed E-state index contributed by atoms with van der Waals surface area (Å²) in [6.07, 6.45) is 10.9. The maximum atomic E-state index is 10.9. The molecule has 3 aliphatic carbocycles.